The second-order valence-electron chi connectivity index (χ2n) is 8.05. The molecule has 1 N–H and O–H groups in total. The zero-order valence-electron chi connectivity index (χ0n) is 18.5. The third kappa shape index (κ3) is 4.59. The molecule has 0 saturated carbocycles. The number of thiazole rings is 1. The van der Waals surface area contributed by atoms with Crippen LogP contribution in [0.2, 0.25) is 5.02 Å². The minimum absolute atomic E-state index is 0.102. The van der Waals surface area contributed by atoms with Crippen LogP contribution >= 0.6 is 22.9 Å². The lowest BCUT2D eigenvalue weighted by atomic mass is 9.95. The fourth-order valence-electron chi connectivity index (χ4n) is 4.07. The van der Waals surface area contributed by atoms with Gasteiger partial charge in [0.1, 0.15) is 5.01 Å². The molecule has 1 unspecified atom stereocenters. The summed E-state index contributed by atoms with van der Waals surface area (Å²) < 4.78 is 0. The molecule has 1 aromatic heterocycles. The third-order valence-electron chi connectivity index (χ3n) is 5.76. The molecule has 1 atom stereocenters. The SMILES string of the molecule is CCCCCN1C(=O)C(O)=C(C(=O)c2sc(-c3ccccc3)nc2C)C1c1ccc(Cl)cc1. The maximum atomic E-state index is 13.7. The fourth-order valence-corrected chi connectivity index (χ4v) is 5.23. The van der Waals surface area contributed by atoms with E-state index in [2.05, 4.69) is 11.9 Å². The van der Waals surface area contributed by atoms with Gasteiger partial charge in [-0.15, -0.1) is 11.3 Å². The number of carbonyl (C=O) groups is 2. The van der Waals surface area contributed by atoms with Gasteiger partial charge in [-0.1, -0.05) is 73.8 Å². The molecule has 5 nitrogen and oxygen atoms in total. The number of aromatic nitrogens is 1. The van der Waals surface area contributed by atoms with Crippen molar-refractivity contribution in [3.63, 3.8) is 0 Å². The van der Waals surface area contributed by atoms with E-state index < -0.39 is 17.7 Å². The van der Waals surface area contributed by atoms with Crippen LogP contribution in [0.5, 0.6) is 0 Å². The first kappa shape index (κ1) is 23.2. The lowest BCUT2D eigenvalue weighted by molar-refractivity contribution is -0.129. The highest BCUT2D eigenvalue weighted by Crippen LogP contribution is 2.41. The summed E-state index contributed by atoms with van der Waals surface area (Å²) in [6, 6.07) is 16.0. The van der Waals surface area contributed by atoms with E-state index in [0.29, 0.717) is 22.1 Å². The smallest absolute Gasteiger partial charge is 0.290 e. The van der Waals surface area contributed by atoms with Crippen LogP contribution in [0.1, 0.15) is 53.2 Å². The molecule has 2 aromatic carbocycles. The monoisotopic (exact) mass is 480 g/mol. The first-order chi connectivity index (χ1) is 15.9. The van der Waals surface area contributed by atoms with Crippen LogP contribution in [-0.2, 0) is 4.79 Å². The predicted molar refractivity (Wildman–Crippen MR) is 132 cm³/mol. The van der Waals surface area contributed by atoms with E-state index in [9.17, 15) is 14.7 Å². The number of aliphatic hydroxyl groups excluding tert-OH is 1. The number of carbonyl (C=O) groups excluding carboxylic acids is 2. The number of ketones is 1. The Kier molecular flexibility index (Phi) is 6.96. The molecular formula is C26H25ClN2O3S. The van der Waals surface area contributed by atoms with E-state index in [0.717, 1.165) is 35.4 Å². The molecule has 2 heterocycles. The molecule has 4 rings (SSSR count). The number of unbranched alkanes of at least 4 members (excludes halogenated alkanes) is 2. The molecule has 0 radical (unpaired) electrons. The molecule has 0 aliphatic carbocycles. The minimum Gasteiger partial charge on any atom is -0.503 e. The molecule has 1 aliphatic heterocycles. The van der Waals surface area contributed by atoms with Crippen LogP contribution in [-0.4, -0.2) is 33.2 Å². The third-order valence-corrected chi connectivity index (χ3v) is 7.22. The number of Topliss-reactive ketones (excluding diaryl/α,β-unsaturated/α-hetero) is 1. The van der Waals surface area contributed by atoms with Gasteiger partial charge in [0.15, 0.2) is 5.76 Å². The maximum Gasteiger partial charge on any atom is 0.290 e. The Morgan fingerprint density at radius 1 is 1.12 bits per heavy atom. The van der Waals surface area contributed by atoms with Crippen molar-refractivity contribution in [2.24, 2.45) is 0 Å². The van der Waals surface area contributed by atoms with Crippen molar-refractivity contribution in [1.29, 1.82) is 0 Å². The summed E-state index contributed by atoms with van der Waals surface area (Å²) in [5.74, 6) is -1.36. The number of rotatable bonds is 8. The molecule has 0 bridgehead atoms. The van der Waals surface area contributed by atoms with Gasteiger partial charge in [-0.05, 0) is 31.0 Å². The molecule has 33 heavy (non-hydrogen) atoms. The Morgan fingerprint density at radius 3 is 2.48 bits per heavy atom. The van der Waals surface area contributed by atoms with E-state index in [-0.39, 0.29) is 11.4 Å². The number of aliphatic hydroxyl groups is 1. The number of benzene rings is 2. The van der Waals surface area contributed by atoms with E-state index in [4.69, 9.17) is 11.6 Å². The highest BCUT2D eigenvalue weighted by Gasteiger charge is 2.44. The minimum atomic E-state index is -0.666. The molecule has 1 amide bonds. The van der Waals surface area contributed by atoms with E-state index >= 15 is 0 Å². The second kappa shape index (κ2) is 9.89. The van der Waals surface area contributed by atoms with E-state index in [1.54, 1.807) is 36.1 Å². The number of amides is 1. The van der Waals surface area contributed by atoms with Gasteiger partial charge >= 0.3 is 0 Å². The maximum absolute atomic E-state index is 13.7. The Bertz CT molecular complexity index is 1200. The fraction of sp³-hybridized carbons (Fsp3) is 0.269. The molecule has 170 valence electrons. The largest absolute Gasteiger partial charge is 0.503 e. The van der Waals surface area contributed by atoms with E-state index in [1.807, 2.05) is 30.3 Å². The van der Waals surface area contributed by atoms with Gasteiger partial charge < -0.3 is 10.0 Å². The Hall–Kier alpha value is -2.96. The highest BCUT2D eigenvalue weighted by atomic mass is 35.5. The van der Waals surface area contributed by atoms with Crippen molar-refractivity contribution in [2.45, 2.75) is 39.2 Å². The highest BCUT2D eigenvalue weighted by molar-refractivity contribution is 7.17. The average molecular weight is 481 g/mol. The van der Waals surface area contributed by atoms with Crippen molar-refractivity contribution in [2.75, 3.05) is 6.54 Å². The van der Waals surface area contributed by atoms with Gasteiger partial charge in [0.2, 0.25) is 5.78 Å². The summed E-state index contributed by atoms with van der Waals surface area (Å²) in [4.78, 5) is 33.4. The zero-order chi connectivity index (χ0) is 23.5. The van der Waals surface area contributed by atoms with Crippen LogP contribution in [0.3, 0.4) is 0 Å². The van der Waals surface area contributed by atoms with E-state index in [1.165, 1.54) is 11.3 Å². The van der Waals surface area contributed by atoms with Crippen molar-refractivity contribution in [1.82, 2.24) is 9.88 Å². The zero-order valence-corrected chi connectivity index (χ0v) is 20.1. The summed E-state index contributed by atoms with van der Waals surface area (Å²) >= 11 is 7.35. The molecule has 0 saturated heterocycles. The number of hydrogen-bond acceptors (Lipinski definition) is 5. The number of aryl methyl sites for hydroxylation is 1. The number of hydrogen-bond donors (Lipinski definition) is 1. The van der Waals surface area contributed by atoms with Gasteiger partial charge in [0.25, 0.3) is 5.91 Å². The van der Waals surface area contributed by atoms with Gasteiger partial charge in [0, 0.05) is 17.1 Å². The molecule has 0 spiro atoms. The lowest BCUT2D eigenvalue weighted by Crippen LogP contribution is -2.32. The Labute approximate surface area is 202 Å². The van der Waals surface area contributed by atoms with Crippen LogP contribution in [0.4, 0.5) is 0 Å². The van der Waals surface area contributed by atoms with Crippen molar-refractivity contribution < 1.29 is 14.7 Å². The van der Waals surface area contributed by atoms with Gasteiger partial charge in [-0.3, -0.25) is 9.59 Å². The topological polar surface area (TPSA) is 70.5 Å². The summed E-state index contributed by atoms with van der Waals surface area (Å²) in [7, 11) is 0. The normalized spacial score (nSPS) is 16.0. The number of nitrogens with zero attached hydrogens (tertiary/aromatic N) is 2. The summed E-state index contributed by atoms with van der Waals surface area (Å²) in [5.41, 5.74) is 2.34. The number of halogens is 1. The first-order valence-corrected chi connectivity index (χ1v) is 12.2. The van der Waals surface area contributed by atoms with Crippen LogP contribution in [0.15, 0.2) is 65.9 Å². The van der Waals surface area contributed by atoms with Crippen LogP contribution < -0.4 is 0 Å². The molecule has 7 heteroatoms. The van der Waals surface area contributed by atoms with Crippen molar-refractivity contribution in [3.05, 3.63) is 87.1 Å². The predicted octanol–water partition coefficient (Wildman–Crippen LogP) is 6.54. The van der Waals surface area contributed by atoms with Crippen LogP contribution in [0, 0.1) is 6.92 Å². The molecule has 0 fully saturated rings. The van der Waals surface area contributed by atoms with Crippen molar-refractivity contribution >= 4 is 34.6 Å². The van der Waals surface area contributed by atoms with Crippen molar-refractivity contribution in [3.8, 4) is 10.6 Å². The average Bonchev–Trinajstić information content (AvgIpc) is 3.33. The second-order valence-corrected chi connectivity index (χ2v) is 9.49. The van der Waals surface area contributed by atoms with Gasteiger partial charge in [-0.25, -0.2) is 4.98 Å². The first-order valence-electron chi connectivity index (χ1n) is 11.0. The van der Waals surface area contributed by atoms with Gasteiger partial charge in [-0.2, -0.15) is 0 Å². The summed E-state index contributed by atoms with van der Waals surface area (Å²) in [6.45, 7) is 4.32. The molecule has 1 aliphatic rings. The molecular weight excluding hydrogens is 456 g/mol. The summed E-state index contributed by atoms with van der Waals surface area (Å²) in [5, 5.41) is 12.1. The summed E-state index contributed by atoms with van der Waals surface area (Å²) in [6.07, 6.45) is 2.75. The van der Waals surface area contributed by atoms with Gasteiger partial charge in [0.05, 0.1) is 22.2 Å². The quantitative estimate of drug-likeness (QED) is 0.293. The molecule has 3 aromatic rings. The Morgan fingerprint density at radius 2 is 1.82 bits per heavy atom. The Balaban J connectivity index is 1.75. The standard InChI is InChI=1S/C26H25ClN2O3S/c1-3-4-8-15-29-21(17-11-13-19(27)14-12-17)20(23(31)26(29)32)22(30)24-16(2)28-25(33-24)18-9-6-5-7-10-18/h5-7,9-14,21,31H,3-4,8,15H2,1-2H3. The van der Waals surface area contributed by atoms with Crippen LogP contribution in [0.25, 0.3) is 10.6 Å². The lowest BCUT2D eigenvalue weighted by Gasteiger charge is -2.26.